The van der Waals surface area contributed by atoms with Crippen LogP contribution in [0, 0.1) is 5.92 Å². The first-order valence-corrected chi connectivity index (χ1v) is 15.7. The molecule has 2 aliphatic heterocycles. The molecule has 12 atom stereocenters. The predicted octanol–water partition coefficient (Wildman–Crippen LogP) is 0.470. The molecule has 13 nitrogen and oxygen atoms in total. The van der Waals surface area contributed by atoms with Gasteiger partial charge in [-0.15, -0.1) is 6.58 Å². The summed E-state index contributed by atoms with van der Waals surface area (Å²) in [6.07, 6.45) is -3.48. The van der Waals surface area contributed by atoms with Crippen LogP contribution in [-0.4, -0.2) is 132 Å². The quantitative estimate of drug-likeness (QED) is 0.0766. The third-order valence-corrected chi connectivity index (χ3v) is 8.80. The molecular weight excluding hydrogens is 604 g/mol. The molecule has 0 aromatic heterocycles. The Morgan fingerprint density at radius 2 is 1.43 bits per heavy atom. The van der Waals surface area contributed by atoms with Crippen LogP contribution < -0.4 is 0 Å². The standard InChI is InChI=1S/C33H54O13/c1-6-33(5,12-8-11-18(2)9-7-10-19(3)13-21(36)14-20(4)31(42)43)46-32-22(26(37)28(39)25(17-35)45-32)15-23-27(38)30(41)29(40)24(16-34)44-23/h6,10-11,14,21-30,32,34-41H,1,7-9,12-13,15-17H2,2-5H3,(H,42,43)/b18-11+,19-10+,20-14+/t21?,22?,23-,24?,25?,26+,27?,28+,29+,30+,32-,33+/m0/s1. The Labute approximate surface area is 270 Å². The molecule has 2 aliphatic rings. The van der Waals surface area contributed by atoms with Crippen LogP contribution in [0.4, 0.5) is 0 Å². The van der Waals surface area contributed by atoms with E-state index in [9.17, 15) is 45.6 Å². The lowest BCUT2D eigenvalue weighted by atomic mass is 9.83. The van der Waals surface area contributed by atoms with Crippen molar-refractivity contribution in [2.75, 3.05) is 13.2 Å². The fourth-order valence-corrected chi connectivity index (χ4v) is 5.71. The smallest absolute Gasteiger partial charge is 0.331 e. The van der Waals surface area contributed by atoms with E-state index in [0.717, 1.165) is 24.0 Å². The second kappa shape index (κ2) is 18.5. The van der Waals surface area contributed by atoms with Crippen molar-refractivity contribution in [3.05, 3.63) is 47.6 Å². The first kappa shape index (κ1) is 40.2. The molecule has 0 aromatic rings. The highest BCUT2D eigenvalue weighted by atomic mass is 16.7. The molecular formula is C33H54O13. The Bertz CT molecular complexity index is 1070. The van der Waals surface area contributed by atoms with E-state index in [1.165, 1.54) is 13.0 Å². The minimum Gasteiger partial charge on any atom is -0.478 e. The van der Waals surface area contributed by atoms with Crippen molar-refractivity contribution in [3.63, 3.8) is 0 Å². The summed E-state index contributed by atoms with van der Waals surface area (Å²) in [5.74, 6) is -2.06. The van der Waals surface area contributed by atoms with Crippen molar-refractivity contribution < 1.29 is 65.0 Å². The molecule has 5 unspecified atom stereocenters. The fraction of sp³-hybridized carbons (Fsp3) is 0.727. The minimum absolute atomic E-state index is 0.0935. The van der Waals surface area contributed by atoms with Crippen LogP contribution in [-0.2, 0) is 19.0 Å². The molecule has 2 rings (SSSR count). The van der Waals surface area contributed by atoms with Crippen molar-refractivity contribution in [3.8, 4) is 0 Å². The van der Waals surface area contributed by atoms with Gasteiger partial charge in [-0.3, -0.25) is 0 Å². The van der Waals surface area contributed by atoms with Gasteiger partial charge in [0.1, 0.15) is 36.6 Å². The first-order chi connectivity index (χ1) is 21.6. The van der Waals surface area contributed by atoms with Gasteiger partial charge in [-0.25, -0.2) is 4.79 Å². The lowest BCUT2D eigenvalue weighted by Crippen LogP contribution is -2.62. The maximum atomic E-state index is 11.0. The number of aliphatic hydroxyl groups is 8. The predicted molar refractivity (Wildman–Crippen MR) is 167 cm³/mol. The highest BCUT2D eigenvalue weighted by molar-refractivity contribution is 5.85. The topological polar surface area (TPSA) is 227 Å². The van der Waals surface area contributed by atoms with Gasteiger partial charge in [0.15, 0.2) is 6.29 Å². The normalized spacial score (nSPS) is 35.0. The lowest BCUT2D eigenvalue weighted by molar-refractivity contribution is -0.315. The number of carbonyl (C=O) groups is 1. The van der Waals surface area contributed by atoms with E-state index in [0.29, 0.717) is 19.3 Å². The zero-order valence-electron chi connectivity index (χ0n) is 27.2. The molecule has 0 amide bonds. The second-order valence-electron chi connectivity index (χ2n) is 12.7. The van der Waals surface area contributed by atoms with E-state index in [1.54, 1.807) is 13.0 Å². The minimum atomic E-state index is -1.61. The Morgan fingerprint density at radius 3 is 2.02 bits per heavy atom. The van der Waals surface area contributed by atoms with Crippen molar-refractivity contribution >= 4 is 5.97 Å². The Kier molecular flexibility index (Phi) is 16.2. The fourth-order valence-electron chi connectivity index (χ4n) is 5.71. The van der Waals surface area contributed by atoms with Gasteiger partial charge in [-0.1, -0.05) is 29.4 Å². The number of ether oxygens (including phenoxy) is 3. The summed E-state index contributed by atoms with van der Waals surface area (Å²) in [7, 11) is 0. The van der Waals surface area contributed by atoms with Gasteiger partial charge in [0.25, 0.3) is 0 Å². The number of allylic oxidation sites excluding steroid dienone is 3. The van der Waals surface area contributed by atoms with Crippen LogP contribution in [0.15, 0.2) is 47.6 Å². The second-order valence-corrected chi connectivity index (χ2v) is 12.7. The molecule has 0 aliphatic carbocycles. The highest BCUT2D eigenvalue weighted by Gasteiger charge is 2.51. The Hall–Kier alpha value is -2.01. The average Bonchev–Trinajstić information content (AvgIpc) is 3.00. The molecule has 264 valence electrons. The van der Waals surface area contributed by atoms with E-state index in [4.69, 9.17) is 19.3 Å². The number of aliphatic carboxylic acids is 1. The van der Waals surface area contributed by atoms with Crippen LogP contribution in [0.3, 0.4) is 0 Å². The zero-order chi connectivity index (χ0) is 34.8. The molecule has 13 heteroatoms. The van der Waals surface area contributed by atoms with E-state index in [1.807, 2.05) is 19.9 Å². The third-order valence-electron chi connectivity index (χ3n) is 8.80. The summed E-state index contributed by atoms with van der Waals surface area (Å²) in [6, 6.07) is 0. The summed E-state index contributed by atoms with van der Waals surface area (Å²) in [6.45, 7) is 9.78. The number of rotatable bonds is 17. The van der Waals surface area contributed by atoms with Crippen molar-refractivity contribution in [1.82, 2.24) is 0 Å². The van der Waals surface area contributed by atoms with Gasteiger partial charge in [-0.2, -0.15) is 0 Å². The molecule has 0 radical (unpaired) electrons. The average molecular weight is 659 g/mol. The third kappa shape index (κ3) is 11.3. The summed E-state index contributed by atoms with van der Waals surface area (Å²) in [5.41, 5.74) is 1.18. The number of carboxylic acid groups (broad SMARTS) is 1. The molecule has 0 saturated carbocycles. The van der Waals surface area contributed by atoms with Crippen LogP contribution in [0.25, 0.3) is 0 Å². The Balaban J connectivity index is 2.06. The van der Waals surface area contributed by atoms with Gasteiger partial charge in [0.05, 0.1) is 37.1 Å². The molecule has 2 heterocycles. The number of hydrogen-bond acceptors (Lipinski definition) is 12. The monoisotopic (exact) mass is 658 g/mol. The van der Waals surface area contributed by atoms with Crippen molar-refractivity contribution in [2.45, 2.75) is 133 Å². The van der Waals surface area contributed by atoms with Crippen molar-refractivity contribution in [1.29, 1.82) is 0 Å². The molecule has 46 heavy (non-hydrogen) atoms. The SMILES string of the molecule is C=C[C@](C)(CC/C=C(\C)CC/C=C(\C)CC(O)/C=C(\C)C(=O)O)O[C@@H]1OC(CO)[C@@H](O)[C@H](O)C1C[C@@H]1OC(CO)[C@@H](O)[C@H](O)C1O. The summed E-state index contributed by atoms with van der Waals surface area (Å²) < 4.78 is 17.8. The largest absolute Gasteiger partial charge is 0.478 e. The number of carboxylic acids is 1. The maximum Gasteiger partial charge on any atom is 0.331 e. The maximum absolute atomic E-state index is 11.0. The van der Waals surface area contributed by atoms with Crippen LogP contribution >= 0.6 is 0 Å². The van der Waals surface area contributed by atoms with E-state index >= 15 is 0 Å². The molecule has 9 N–H and O–H groups in total. The van der Waals surface area contributed by atoms with Crippen molar-refractivity contribution in [2.24, 2.45) is 5.92 Å². The van der Waals surface area contributed by atoms with Gasteiger partial charge in [0, 0.05) is 11.5 Å². The number of aliphatic hydroxyl groups excluding tert-OH is 8. The van der Waals surface area contributed by atoms with E-state index < -0.39 is 91.9 Å². The van der Waals surface area contributed by atoms with E-state index in [2.05, 4.69) is 12.7 Å². The summed E-state index contributed by atoms with van der Waals surface area (Å²) >= 11 is 0. The first-order valence-electron chi connectivity index (χ1n) is 15.7. The van der Waals surface area contributed by atoms with Gasteiger partial charge < -0.3 is 60.2 Å². The summed E-state index contributed by atoms with van der Waals surface area (Å²) in [4.78, 5) is 10.9. The van der Waals surface area contributed by atoms with Gasteiger partial charge in [0.2, 0.25) is 0 Å². The molecule has 2 fully saturated rings. The molecule has 0 spiro atoms. The highest BCUT2D eigenvalue weighted by Crippen LogP contribution is 2.37. The van der Waals surface area contributed by atoms with E-state index in [-0.39, 0.29) is 12.0 Å². The number of hydrogen-bond donors (Lipinski definition) is 9. The zero-order valence-corrected chi connectivity index (χ0v) is 27.2. The summed E-state index contributed by atoms with van der Waals surface area (Å²) in [5, 5.41) is 90.9. The molecule has 2 saturated heterocycles. The van der Waals surface area contributed by atoms with Crippen LogP contribution in [0.5, 0.6) is 0 Å². The Morgan fingerprint density at radius 1 is 0.870 bits per heavy atom. The van der Waals surface area contributed by atoms with Crippen LogP contribution in [0.2, 0.25) is 0 Å². The lowest BCUT2D eigenvalue weighted by Gasteiger charge is -2.47. The molecule has 0 aromatic carbocycles. The van der Waals surface area contributed by atoms with Crippen LogP contribution in [0.1, 0.15) is 66.2 Å². The van der Waals surface area contributed by atoms with Gasteiger partial charge >= 0.3 is 5.97 Å². The van der Waals surface area contributed by atoms with Gasteiger partial charge in [-0.05, 0) is 72.3 Å². The molecule has 0 bridgehead atoms.